The van der Waals surface area contributed by atoms with E-state index in [2.05, 4.69) is 18.1 Å². The first-order valence-electron chi connectivity index (χ1n) is 4.62. The average molecular weight is 278 g/mol. The molecule has 10 heteroatoms. The Labute approximate surface area is 90.5 Å². The molecule has 2 rings (SSSR count). The Hall–Kier alpha value is 0.160. The third kappa shape index (κ3) is 3.32. The summed E-state index contributed by atoms with van der Waals surface area (Å²) in [6.07, 6.45) is -0.776. The maximum atomic E-state index is 12.6. The van der Waals surface area contributed by atoms with E-state index in [-0.39, 0.29) is 26.1 Å². The van der Waals surface area contributed by atoms with Crippen molar-refractivity contribution in [2.45, 2.75) is 25.0 Å². The first-order chi connectivity index (χ1) is 7.36. The lowest BCUT2D eigenvalue weighted by Gasteiger charge is -2.09. The Morgan fingerprint density at radius 3 is 1.56 bits per heavy atom. The molecule has 0 aromatic carbocycles. The van der Waals surface area contributed by atoms with E-state index in [1.54, 1.807) is 0 Å². The van der Waals surface area contributed by atoms with Crippen molar-refractivity contribution in [1.29, 1.82) is 0 Å². The molecule has 0 radical (unpaired) electrons. The lowest BCUT2D eigenvalue weighted by Crippen LogP contribution is -2.15. The molecule has 2 aliphatic heterocycles. The summed E-state index contributed by atoms with van der Waals surface area (Å²) >= 11 is 0. The van der Waals surface area contributed by atoms with Gasteiger partial charge in [0.15, 0.2) is 0 Å². The minimum absolute atomic E-state index is 0.116. The van der Waals surface area contributed by atoms with Gasteiger partial charge in [-0.05, 0) is 12.8 Å². The first-order valence-corrected chi connectivity index (χ1v) is 7.48. The molecule has 0 amide bonds. The zero-order valence-corrected chi connectivity index (χ0v) is 9.87. The maximum absolute atomic E-state index is 12.6. The van der Waals surface area contributed by atoms with Crippen LogP contribution < -0.4 is 0 Å². The van der Waals surface area contributed by atoms with Gasteiger partial charge in [-0.25, -0.2) is 9.13 Å². The second kappa shape index (κ2) is 4.44. The van der Waals surface area contributed by atoms with Crippen molar-refractivity contribution in [3.63, 3.8) is 0 Å². The molecule has 2 saturated heterocycles. The highest BCUT2D eigenvalue weighted by Crippen LogP contribution is 2.57. The molecule has 2 aliphatic rings. The molecule has 6 nitrogen and oxygen atoms in total. The van der Waals surface area contributed by atoms with Crippen LogP contribution >= 0.6 is 15.8 Å². The molecular formula is C6H10F2O6P2. The van der Waals surface area contributed by atoms with Crippen LogP contribution in [0.5, 0.6) is 0 Å². The minimum Gasteiger partial charge on any atom is -0.281 e. The van der Waals surface area contributed by atoms with Gasteiger partial charge in [0.1, 0.15) is 0 Å². The topological polar surface area (TPSA) is 71.1 Å². The predicted molar refractivity (Wildman–Crippen MR) is 48.3 cm³/mol. The van der Waals surface area contributed by atoms with Crippen molar-refractivity contribution in [2.24, 2.45) is 0 Å². The molecule has 0 N–H and O–H groups in total. The molecule has 2 fully saturated rings. The largest absolute Gasteiger partial charge is 0.513 e. The van der Waals surface area contributed by atoms with Crippen molar-refractivity contribution in [1.82, 2.24) is 0 Å². The van der Waals surface area contributed by atoms with Crippen LogP contribution in [0.2, 0.25) is 0 Å². The van der Waals surface area contributed by atoms with Crippen LogP contribution in [0.15, 0.2) is 0 Å². The van der Waals surface area contributed by atoms with Crippen molar-refractivity contribution >= 4 is 15.8 Å². The predicted octanol–water partition coefficient (Wildman–Crippen LogP) is 2.75. The van der Waals surface area contributed by atoms with E-state index in [1.807, 2.05) is 0 Å². The molecule has 0 aliphatic carbocycles. The van der Waals surface area contributed by atoms with Crippen molar-refractivity contribution < 1.29 is 35.6 Å². The molecule has 0 bridgehead atoms. The standard InChI is InChI=1S/C6H10F2O6P2/c7-15(9)11-3-5(13-15)1-2-6-4-12-16(8,10)14-6/h5-6H,1-4H2. The lowest BCUT2D eigenvalue weighted by atomic mass is 10.1. The Morgan fingerprint density at radius 1 is 0.938 bits per heavy atom. The third-order valence-electron chi connectivity index (χ3n) is 2.19. The van der Waals surface area contributed by atoms with Crippen LogP contribution in [0.3, 0.4) is 0 Å². The van der Waals surface area contributed by atoms with E-state index in [9.17, 15) is 17.5 Å². The average Bonchev–Trinajstić information content (AvgIpc) is 2.66. The fourth-order valence-electron chi connectivity index (χ4n) is 1.47. The zero-order valence-electron chi connectivity index (χ0n) is 8.08. The molecule has 0 saturated carbocycles. The van der Waals surface area contributed by atoms with Gasteiger partial charge in [-0.1, -0.05) is 0 Å². The first kappa shape index (κ1) is 12.6. The minimum atomic E-state index is -4.39. The second-order valence-corrected chi connectivity index (χ2v) is 6.15. The molecule has 0 aromatic heterocycles. The fraction of sp³-hybridized carbons (Fsp3) is 1.00. The summed E-state index contributed by atoms with van der Waals surface area (Å²) in [7, 11) is -8.77. The summed E-state index contributed by atoms with van der Waals surface area (Å²) < 4.78 is 64.1. The highest BCUT2D eigenvalue weighted by Gasteiger charge is 2.40. The van der Waals surface area contributed by atoms with Gasteiger partial charge in [0, 0.05) is 0 Å². The Bertz CT molecular complexity index is 329. The van der Waals surface area contributed by atoms with Crippen molar-refractivity contribution in [3.8, 4) is 0 Å². The van der Waals surface area contributed by atoms with Gasteiger partial charge in [0.25, 0.3) is 0 Å². The Morgan fingerprint density at radius 2 is 1.31 bits per heavy atom. The van der Waals surface area contributed by atoms with Crippen LogP contribution in [-0.2, 0) is 27.2 Å². The van der Waals surface area contributed by atoms with Gasteiger partial charge in [0.05, 0.1) is 25.4 Å². The highest BCUT2D eigenvalue weighted by molar-refractivity contribution is 7.48. The van der Waals surface area contributed by atoms with Crippen LogP contribution in [0, 0.1) is 0 Å². The highest BCUT2D eigenvalue weighted by atomic mass is 31.2. The number of rotatable bonds is 3. The van der Waals surface area contributed by atoms with Gasteiger partial charge in [-0.3, -0.25) is 18.1 Å². The molecule has 4 unspecified atom stereocenters. The maximum Gasteiger partial charge on any atom is 0.513 e. The fourth-order valence-corrected chi connectivity index (χ4v) is 3.32. The zero-order chi connectivity index (χ0) is 11.8. The SMILES string of the molecule is O=P1(F)OCC(CCC2COP(=O)(F)O2)O1. The van der Waals surface area contributed by atoms with Crippen LogP contribution in [0.1, 0.15) is 12.8 Å². The van der Waals surface area contributed by atoms with E-state index in [1.165, 1.54) is 0 Å². The van der Waals surface area contributed by atoms with Gasteiger partial charge >= 0.3 is 15.8 Å². The third-order valence-corrected chi connectivity index (χ3v) is 4.20. The smallest absolute Gasteiger partial charge is 0.281 e. The molecular weight excluding hydrogens is 268 g/mol. The van der Waals surface area contributed by atoms with Crippen molar-refractivity contribution in [3.05, 3.63) is 0 Å². The van der Waals surface area contributed by atoms with Crippen LogP contribution in [0.25, 0.3) is 0 Å². The summed E-state index contributed by atoms with van der Waals surface area (Å²) in [6, 6.07) is 0. The second-order valence-electron chi connectivity index (χ2n) is 3.48. The van der Waals surface area contributed by atoms with E-state index in [0.29, 0.717) is 0 Å². The van der Waals surface area contributed by atoms with Gasteiger partial charge in [-0.2, -0.15) is 0 Å². The Balaban J connectivity index is 1.73. The van der Waals surface area contributed by atoms with Crippen LogP contribution in [0.4, 0.5) is 8.39 Å². The number of hydrogen-bond donors (Lipinski definition) is 0. The van der Waals surface area contributed by atoms with E-state index in [4.69, 9.17) is 0 Å². The molecule has 0 spiro atoms. The monoisotopic (exact) mass is 278 g/mol. The molecule has 0 aromatic rings. The van der Waals surface area contributed by atoms with E-state index >= 15 is 0 Å². The summed E-state index contributed by atoms with van der Waals surface area (Å²) in [5.74, 6) is 0. The van der Waals surface area contributed by atoms with Crippen LogP contribution in [-0.4, -0.2) is 25.4 Å². The van der Waals surface area contributed by atoms with Gasteiger partial charge < -0.3 is 0 Å². The lowest BCUT2D eigenvalue weighted by molar-refractivity contribution is 0.163. The van der Waals surface area contributed by atoms with E-state index < -0.39 is 28.0 Å². The summed E-state index contributed by atoms with van der Waals surface area (Å²) in [5, 5.41) is 0. The van der Waals surface area contributed by atoms with Gasteiger partial charge in [0.2, 0.25) is 0 Å². The molecule has 4 atom stereocenters. The number of halogens is 2. The van der Waals surface area contributed by atoms with Crippen molar-refractivity contribution in [2.75, 3.05) is 13.2 Å². The number of hydrogen-bond acceptors (Lipinski definition) is 6. The summed E-state index contributed by atoms with van der Waals surface area (Å²) in [6.45, 7) is -0.233. The molecule has 16 heavy (non-hydrogen) atoms. The Kier molecular flexibility index (Phi) is 3.50. The van der Waals surface area contributed by atoms with E-state index in [0.717, 1.165) is 0 Å². The summed E-state index contributed by atoms with van der Waals surface area (Å²) in [5.41, 5.74) is 0. The molecule has 2 heterocycles. The summed E-state index contributed by atoms with van der Waals surface area (Å²) in [4.78, 5) is 0. The normalized spacial score (nSPS) is 48.6. The van der Waals surface area contributed by atoms with Gasteiger partial charge in [-0.15, -0.1) is 8.39 Å². The quantitative estimate of drug-likeness (QED) is 0.739. The molecule has 94 valence electrons.